The number of aryl methyl sites for hydroxylation is 1. The van der Waals surface area contributed by atoms with E-state index in [0.29, 0.717) is 5.69 Å². The molecule has 5 aromatic rings. The third kappa shape index (κ3) is 3.59. The van der Waals surface area contributed by atoms with E-state index < -0.39 is 0 Å². The van der Waals surface area contributed by atoms with E-state index in [4.69, 9.17) is 16.5 Å². The highest BCUT2D eigenvalue weighted by molar-refractivity contribution is 5.87. The second-order valence-corrected chi connectivity index (χ2v) is 9.14. The Hall–Kier alpha value is -4.20. The Kier molecular flexibility index (Phi) is 4.67. The van der Waals surface area contributed by atoms with Gasteiger partial charge >= 0.3 is 0 Å². The molecule has 0 spiro atoms. The van der Waals surface area contributed by atoms with Crippen molar-refractivity contribution in [1.29, 1.82) is 0 Å². The van der Waals surface area contributed by atoms with Crippen LogP contribution in [0.2, 0.25) is 0 Å². The molecule has 3 aromatic heterocycles. The van der Waals surface area contributed by atoms with Crippen molar-refractivity contribution in [3.8, 4) is 28.2 Å². The second kappa shape index (κ2) is 7.44. The average Bonchev–Trinajstić information content (AvgIpc) is 3.37. The van der Waals surface area contributed by atoms with Crippen LogP contribution in [0.25, 0.3) is 39.2 Å². The highest BCUT2D eigenvalue weighted by Gasteiger charge is 2.25. The summed E-state index contributed by atoms with van der Waals surface area (Å²) in [5.41, 5.74) is 19.0. The number of hydrogen-bond acceptors (Lipinski definition) is 6. The summed E-state index contributed by atoms with van der Waals surface area (Å²) in [7, 11) is 0. The fourth-order valence-corrected chi connectivity index (χ4v) is 4.15. The minimum Gasteiger partial charge on any atom is -0.399 e. The summed E-state index contributed by atoms with van der Waals surface area (Å²) in [5, 5.41) is 4.52. The first-order chi connectivity index (χ1) is 15.7. The molecule has 2 aromatic carbocycles. The number of fused-ring (bicyclic) bond motifs is 1. The van der Waals surface area contributed by atoms with Gasteiger partial charge in [0, 0.05) is 46.6 Å². The summed E-state index contributed by atoms with van der Waals surface area (Å²) in [6.45, 7) is 8.54. The Bertz CT molecular complexity index is 1470. The maximum Gasteiger partial charge on any atom is 0.219 e. The number of benzene rings is 2. The molecule has 5 rings (SSSR count). The van der Waals surface area contributed by atoms with Crippen LogP contribution < -0.4 is 11.5 Å². The van der Waals surface area contributed by atoms with Crippen LogP contribution in [-0.4, -0.2) is 29.3 Å². The Balaban J connectivity index is 1.78. The van der Waals surface area contributed by atoms with Gasteiger partial charge in [0.05, 0.1) is 16.7 Å². The van der Waals surface area contributed by atoms with Crippen molar-refractivity contribution >= 4 is 22.7 Å². The average molecular weight is 439 g/mol. The van der Waals surface area contributed by atoms with Crippen molar-refractivity contribution in [3.05, 3.63) is 66.7 Å². The summed E-state index contributed by atoms with van der Waals surface area (Å²) >= 11 is 0. The standard InChI is InChI=1S/C25H26N8/c1-15-9-10-30-33(15)21-8-6-18(26)12-19(21)23-31-20-11-16(17-13-28-24(27)29-14-17)5-7-22(20)32(23)25(2,3)4/h5-14H,26H2,1-4H3,(H2,27,28,29). The van der Waals surface area contributed by atoms with Crippen LogP contribution in [0.1, 0.15) is 26.5 Å². The van der Waals surface area contributed by atoms with Gasteiger partial charge in [-0.3, -0.25) is 0 Å². The molecule has 4 N–H and O–H groups in total. The molecule has 0 bridgehead atoms. The van der Waals surface area contributed by atoms with Crippen molar-refractivity contribution in [2.75, 3.05) is 11.5 Å². The molecule has 0 aliphatic rings. The highest BCUT2D eigenvalue weighted by Crippen LogP contribution is 2.36. The second-order valence-electron chi connectivity index (χ2n) is 9.14. The lowest BCUT2D eigenvalue weighted by molar-refractivity contribution is 0.413. The molecule has 0 unspecified atom stereocenters. The van der Waals surface area contributed by atoms with E-state index in [1.54, 1.807) is 18.6 Å². The number of nitrogens with zero attached hydrogens (tertiary/aromatic N) is 6. The number of rotatable bonds is 3. The maximum absolute atomic E-state index is 6.23. The van der Waals surface area contributed by atoms with Crippen LogP contribution in [0.3, 0.4) is 0 Å². The zero-order chi connectivity index (χ0) is 23.3. The van der Waals surface area contributed by atoms with Gasteiger partial charge in [0.2, 0.25) is 5.95 Å². The number of hydrogen-bond donors (Lipinski definition) is 2. The molecule has 0 amide bonds. The molecule has 8 heteroatoms. The first-order valence-electron chi connectivity index (χ1n) is 10.7. The molecule has 0 aliphatic heterocycles. The smallest absolute Gasteiger partial charge is 0.219 e. The van der Waals surface area contributed by atoms with E-state index in [1.165, 1.54) is 0 Å². The molecule has 0 radical (unpaired) electrons. The lowest BCUT2D eigenvalue weighted by atomic mass is 10.0. The van der Waals surface area contributed by atoms with Gasteiger partial charge in [0.1, 0.15) is 5.82 Å². The molecular weight excluding hydrogens is 412 g/mol. The Morgan fingerprint density at radius 2 is 1.64 bits per heavy atom. The molecule has 166 valence electrons. The highest BCUT2D eigenvalue weighted by atomic mass is 15.3. The fraction of sp³-hybridized carbons (Fsp3) is 0.200. The topological polar surface area (TPSA) is 113 Å². The number of nitrogen functional groups attached to an aromatic ring is 2. The minimum atomic E-state index is -0.225. The number of nitrogens with two attached hydrogens (primary N) is 2. The first kappa shape index (κ1) is 20.7. The maximum atomic E-state index is 6.23. The zero-order valence-electron chi connectivity index (χ0n) is 19.1. The number of imidazole rings is 1. The molecule has 0 fully saturated rings. The van der Waals surface area contributed by atoms with E-state index in [9.17, 15) is 0 Å². The van der Waals surface area contributed by atoms with E-state index >= 15 is 0 Å². The number of anilines is 2. The minimum absolute atomic E-state index is 0.225. The van der Waals surface area contributed by atoms with Crippen LogP contribution in [0, 0.1) is 6.92 Å². The molecule has 0 saturated carbocycles. The summed E-state index contributed by atoms with van der Waals surface area (Å²) in [5.74, 6) is 1.09. The zero-order valence-corrected chi connectivity index (χ0v) is 19.1. The SMILES string of the molecule is Cc1ccnn1-c1ccc(N)cc1-c1nc2cc(-c3cnc(N)nc3)ccc2n1C(C)(C)C. The van der Waals surface area contributed by atoms with E-state index in [2.05, 4.69) is 58.6 Å². The quantitative estimate of drug-likeness (QED) is 0.399. The normalized spacial score (nSPS) is 11.9. The third-order valence-electron chi connectivity index (χ3n) is 5.65. The number of aromatic nitrogens is 6. The van der Waals surface area contributed by atoms with Gasteiger partial charge in [-0.1, -0.05) is 6.07 Å². The predicted octanol–water partition coefficient (Wildman–Crippen LogP) is 4.57. The first-order valence-corrected chi connectivity index (χ1v) is 10.7. The van der Waals surface area contributed by atoms with Crippen LogP contribution in [0.15, 0.2) is 61.1 Å². The van der Waals surface area contributed by atoms with Gasteiger partial charge in [-0.25, -0.2) is 19.6 Å². The van der Waals surface area contributed by atoms with Crippen molar-refractivity contribution in [3.63, 3.8) is 0 Å². The monoisotopic (exact) mass is 438 g/mol. The summed E-state index contributed by atoms with van der Waals surface area (Å²) < 4.78 is 4.17. The van der Waals surface area contributed by atoms with Crippen LogP contribution in [0.5, 0.6) is 0 Å². The van der Waals surface area contributed by atoms with Gasteiger partial charge < -0.3 is 16.0 Å². The van der Waals surface area contributed by atoms with Gasteiger partial charge in [-0.15, -0.1) is 0 Å². The molecule has 8 nitrogen and oxygen atoms in total. The molecular formula is C25H26N8. The molecule has 0 saturated heterocycles. The Morgan fingerprint density at radius 3 is 2.30 bits per heavy atom. The van der Waals surface area contributed by atoms with E-state index in [0.717, 1.165) is 44.9 Å². The summed E-state index contributed by atoms with van der Waals surface area (Å²) in [4.78, 5) is 13.3. The van der Waals surface area contributed by atoms with Crippen LogP contribution >= 0.6 is 0 Å². The van der Waals surface area contributed by atoms with Gasteiger partial charge in [0.15, 0.2) is 0 Å². The summed E-state index contributed by atoms with van der Waals surface area (Å²) in [6.07, 6.45) is 5.24. The van der Waals surface area contributed by atoms with Gasteiger partial charge in [0.25, 0.3) is 0 Å². The van der Waals surface area contributed by atoms with Crippen molar-refractivity contribution < 1.29 is 0 Å². The van der Waals surface area contributed by atoms with Crippen molar-refractivity contribution in [1.82, 2.24) is 29.3 Å². The van der Waals surface area contributed by atoms with Gasteiger partial charge in [-0.05, 0) is 69.7 Å². The predicted molar refractivity (Wildman–Crippen MR) is 132 cm³/mol. The fourth-order valence-electron chi connectivity index (χ4n) is 4.15. The largest absolute Gasteiger partial charge is 0.399 e. The molecule has 33 heavy (non-hydrogen) atoms. The lowest BCUT2D eigenvalue weighted by Gasteiger charge is -2.25. The Morgan fingerprint density at radius 1 is 0.879 bits per heavy atom. The van der Waals surface area contributed by atoms with Crippen LogP contribution in [-0.2, 0) is 5.54 Å². The Labute approximate surface area is 191 Å². The molecule has 0 aliphatic carbocycles. The summed E-state index contributed by atoms with van der Waals surface area (Å²) in [6, 6.07) is 14.0. The molecule has 3 heterocycles. The van der Waals surface area contributed by atoms with E-state index in [-0.39, 0.29) is 11.5 Å². The lowest BCUT2D eigenvalue weighted by Crippen LogP contribution is -2.23. The van der Waals surface area contributed by atoms with Crippen molar-refractivity contribution in [2.45, 2.75) is 33.2 Å². The van der Waals surface area contributed by atoms with Crippen LogP contribution in [0.4, 0.5) is 11.6 Å². The van der Waals surface area contributed by atoms with E-state index in [1.807, 2.05) is 35.9 Å². The van der Waals surface area contributed by atoms with Gasteiger partial charge in [-0.2, -0.15) is 5.10 Å². The molecule has 0 atom stereocenters. The third-order valence-corrected chi connectivity index (χ3v) is 5.65. The van der Waals surface area contributed by atoms with Crippen molar-refractivity contribution in [2.24, 2.45) is 0 Å².